The van der Waals surface area contributed by atoms with Gasteiger partial charge in [-0.2, -0.15) is 0 Å². The number of nitrogens with zero attached hydrogens (tertiary/aromatic N) is 4. The van der Waals surface area contributed by atoms with Gasteiger partial charge in [-0.05, 0) is 19.4 Å². The summed E-state index contributed by atoms with van der Waals surface area (Å²) in [5, 5.41) is 23.7. The van der Waals surface area contributed by atoms with E-state index in [0.29, 0.717) is 31.3 Å². The second-order valence-electron chi connectivity index (χ2n) is 12.4. The molecule has 3 heterocycles. The van der Waals surface area contributed by atoms with Crippen LogP contribution in [-0.2, 0) is 23.4 Å². The maximum absolute atomic E-state index is 13.2. The number of fused-ring (bicyclic) bond motifs is 1. The first-order chi connectivity index (χ1) is 20.8. The van der Waals surface area contributed by atoms with Crippen molar-refractivity contribution in [1.29, 1.82) is 0 Å². The number of aromatic nitrogens is 2. The fourth-order valence-electron chi connectivity index (χ4n) is 5.91. The summed E-state index contributed by atoms with van der Waals surface area (Å²) in [5.74, 6) is 0.524. The van der Waals surface area contributed by atoms with E-state index in [4.69, 9.17) is 0 Å². The summed E-state index contributed by atoms with van der Waals surface area (Å²) < 4.78 is 3.11. The fraction of sp³-hybridized carbons (Fsp3) is 0.871. The molecule has 2 atom stereocenters. The second kappa shape index (κ2) is 19.2. The van der Waals surface area contributed by atoms with Gasteiger partial charge in [0.15, 0.2) is 0 Å². The van der Waals surface area contributed by atoms with Crippen LogP contribution in [0.5, 0.6) is 0 Å². The van der Waals surface area contributed by atoms with E-state index in [9.17, 15) is 19.8 Å². The molecule has 248 valence electrons. The Labute approximate surface area is 264 Å². The minimum atomic E-state index is -1.56. The Morgan fingerprint density at radius 1 is 0.860 bits per heavy atom. The monoisotopic (exact) mass is 671 g/mol. The van der Waals surface area contributed by atoms with Crippen LogP contribution in [0.25, 0.3) is 0 Å². The molecular formula is C31H58AsN5O6. The van der Waals surface area contributed by atoms with Gasteiger partial charge in [0.1, 0.15) is 0 Å². The summed E-state index contributed by atoms with van der Waals surface area (Å²) in [6, 6.07) is 0. The summed E-state index contributed by atoms with van der Waals surface area (Å²) in [6.45, 7) is 4.77. The molecule has 1 aromatic rings. The number of aliphatic hydroxyl groups excluding tert-OH is 1. The van der Waals surface area contributed by atoms with Crippen LogP contribution in [0.1, 0.15) is 122 Å². The predicted octanol–water partition coefficient (Wildman–Crippen LogP) is 3.67. The Bertz CT molecular complexity index is 1060. The quantitative estimate of drug-likeness (QED) is 0.0618. The van der Waals surface area contributed by atoms with Crippen molar-refractivity contribution in [2.45, 2.75) is 140 Å². The molecule has 2 aliphatic rings. The number of anilines is 2. The van der Waals surface area contributed by atoms with Crippen LogP contribution in [0, 0.1) is 0 Å². The number of hydrogen-bond donors (Lipinski definition) is 3. The molecule has 1 aromatic heterocycles. The van der Waals surface area contributed by atoms with E-state index in [1.165, 1.54) is 73.3 Å². The van der Waals surface area contributed by atoms with Crippen LogP contribution in [0.2, 0.25) is 0 Å². The minimum absolute atomic E-state index is 0.260. The van der Waals surface area contributed by atoms with Gasteiger partial charge in [0.2, 0.25) is 0 Å². The Kier molecular flexibility index (Phi) is 16.1. The molecule has 2 aliphatic heterocycles. The van der Waals surface area contributed by atoms with Crippen molar-refractivity contribution in [2.75, 3.05) is 35.5 Å². The molecule has 0 spiro atoms. The first-order valence-corrected chi connectivity index (χ1v) is 18.8. The Morgan fingerprint density at radius 2 is 1.42 bits per heavy atom. The molecule has 12 heteroatoms. The average molecular weight is 672 g/mol. The van der Waals surface area contributed by atoms with Gasteiger partial charge >= 0.3 is 152 Å². The second-order valence-corrected chi connectivity index (χ2v) is 15.3. The zero-order valence-corrected chi connectivity index (χ0v) is 29.0. The van der Waals surface area contributed by atoms with Crippen molar-refractivity contribution in [3.8, 4) is 0 Å². The van der Waals surface area contributed by atoms with Crippen LogP contribution < -0.4 is 25.3 Å². The first-order valence-electron chi connectivity index (χ1n) is 16.9. The van der Waals surface area contributed by atoms with Crippen LogP contribution >= 0.6 is 0 Å². The van der Waals surface area contributed by atoms with E-state index in [-0.39, 0.29) is 17.4 Å². The van der Waals surface area contributed by atoms with Crippen LogP contribution in [0.3, 0.4) is 0 Å². The summed E-state index contributed by atoms with van der Waals surface area (Å²) in [5.41, 5.74) is -0.140. The van der Waals surface area contributed by atoms with E-state index in [1.807, 2.05) is 15.8 Å². The topological polar surface area (TPSA) is 128 Å². The molecule has 0 aromatic carbocycles. The van der Waals surface area contributed by atoms with Crippen molar-refractivity contribution in [2.24, 2.45) is 7.05 Å². The predicted molar refractivity (Wildman–Crippen MR) is 174 cm³/mol. The van der Waals surface area contributed by atoms with Crippen molar-refractivity contribution < 1.29 is 20.0 Å². The van der Waals surface area contributed by atoms with E-state index < -0.39 is 20.7 Å². The average Bonchev–Trinajstić information content (AvgIpc) is 3.62. The zero-order valence-electron chi connectivity index (χ0n) is 26.9. The molecule has 0 amide bonds. The zero-order chi connectivity index (χ0) is 31.1. The van der Waals surface area contributed by atoms with Crippen molar-refractivity contribution in [1.82, 2.24) is 14.5 Å². The van der Waals surface area contributed by atoms with Crippen molar-refractivity contribution in [3.05, 3.63) is 20.8 Å². The van der Waals surface area contributed by atoms with Gasteiger partial charge in [-0.15, -0.1) is 0 Å². The third-order valence-electron chi connectivity index (χ3n) is 8.51. The van der Waals surface area contributed by atoms with Gasteiger partial charge < -0.3 is 10.4 Å². The van der Waals surface area contributed by atoms with Gasteiger partial charge in [-0.1, -0.05) is 71.1 Å². The molecule has 0 bridgehead atoms. The SMILES string of the molecule is CCCCCCCCCCCCNCC(O)CCCCCCCCCn1c(=O)c2c(n(C)c1=O)N([AsH]C1(O)OO1)CN2C. The molecule has 11 nitrogen and oxygen atoms in total. The first kappa shape index (κ1) is 36.1. The molecule has 0 aliphatic carbocycles. The number of unbranched alkanes of at least 4 members (excludes halogenated alkanes) is 15. The molecule has 0 radical (unpaired) electrons. The molecule has 3 rings (SSSR count). The number of rotatable bonds is 25. The molecule has 1 fully saturated rings. The summed E-state index contributed by atoms with van der Waals surface area (Å²) in [6.07, 6.45) is 21.3. The van der Waals surface area contributed by atoms with Crippen LogP contribution in [0.4, 0.5) is 11.5 Å². The van der Waals surface area contributed by atoms with Gasteiger partial charge in [0, 0.05) is 6.54 Å². The van der Waals surface area contributed by atoms with Gasteiger partial charge in [-0.25, -0.2) is 0 Å². The summed E-state index contributed by atoms with van der Waals surface area (Å²) in [7, 11) is 3.48. The number of hydrogen-bond acceptors (Lipinski definition) is 9. The van der Waals surface area contributed by atoms with E-state index >= 15 is 0 Å². The Hall–Kier alpha value is -1.36. The van der Waals surface area contributed by atoms with Gasteiger partial charge in [0.25, 0.3) is 0 Å². The maximum atomic E-state index is 13.2. The van der Waals surface area contributed by atoms with E-state index in [1.54, 1.807) is 7.05 Å². The van der Waals surface area contributed by atoms with Crippen LogP contribution in [0.15, 0.2) is 9.59 Å². The number of nitrogens with one attached hydrogen (secondary N) is 1. The van der Waals surface area contributed by atoms with Crippen molar-refractivity contribution in [3.63, 3.8) is 0 Å². The molecular weight excluding hydrogens is 613 g/mol. The Morgan fingerprint density at radius 3 is 2.02 bits per heavy atom. The number of aliphatic hydroxyl groups is 2. The summed E-state index contributed by atoms with van der Waals surface area (Å²) >= 11 is -1.30. The van der Waals surface area contributed by atoms with Gasteiger partial charge in [-0.3, -0.25) is 0 Å². The summed E-state index contributed by atoms with van der Waals surface area (Å²) in [4.78, 5) is 37.3. The van der Waals surface area contributed by atoms with Gasteiger partial charge in [0.05, 0.1) is 6.10 Å². The third-order valence-corrected chi connectivity index (χ3v) is 10.8. The van der Waals surface area contributed by atoms with E-state index in [0.717, 1.165) is 57.9 Å². The van der Waals surface area contributed by atoms with Crippen molar-refractivity contribution >= 4 is 27.5 Å². The normalized spacial score (nSPS) is 16.5. The molecule has 0 saturated carbocycles. The fourth-order valence-corrected chi connectivity index (χ4v) is 8.22. The Balaban J connectivity index is 1.18. The molecule has 2 unspecified atom stereocenters. The van der Waals surface area contributed by atoms with E-state index in [2.05, 4.69) is 22.0 Å². The molecule has 3 N–H and O–H groups in total. The molecule has 43 heavy (non-hydrogen) atoms. The third kappa shape index (κ3) is 12.2. The molecule has 1 saturated heterocycles. The van der Waals surface area contributed by atoms with Crippen LogP contribution in [-0.4, -0.2) is 73.0 Å². The standard InChI is InChI=1S/C31H58AsN5O6/c1-4-5-6-7-8-9-10-13-16-19-22-33-24-26(38)21-18-15-12-11-14-17-20-23-36-29(39)27-28(35(3)30(36)40)37(25-34(27)2)32-31(41)42-43-31/h26,32-33,38,41H,4-25H2,1-3H3.